The Bertz CT molecular complexity index is 601. The number of unbranched alkanes of at least 4 members (excludes halogenated alkanes) is 1. The van der Waals surface area contributed by atoms with Crippen LogP contribution in [0.15, 0.2) is 24.3 Å². The molecule has 1 saturated heterocycles. The molecule has 1 aliphatic heterocycles. The van der Waals surface area contributed by atoms with Crippen LogP contribution in [0.25, 0.3) is 0 Å². The maximum absolute atomic E-state index is 12.0. The first-order chi connectivity index (χ1) is 12.8. The van der Waals surface area contributed by atoms with Crippen LogP contribution in [0.2, 0.25) is 5.02 Å². The first kappa shape index (κ1) is 22.9. The summed E-state index contributed by atoms with van der Waals surface area (Å²) in [6.07, 6.45) is 4.12. The molecule has 1 amide bonds. The highest BCUT2D eigenvalue weighted by Gasteiger charge is 2.24. The number of hydrogen-bond acceptors (Lipinski definition) is 4. The lowest BCUT2D eigenvalue weighted by Crippen LogP contribution is -2.40. The summed E-state index contributed by atoms with van der Waals surface area (Å²) in [7, 11) is 0. The van der Waals surface area contributed by atoms with Gasteiger partial charge >= 0.3 is 11.9 Å². The second-order valence-electron chi connectivity index (χ2n) is 6.43. The number of carbonyl (C=O) groups excluding carboxylic acids is 1. The Hall–Kier alpha value is -2.12. The van der Waals surface area contributed by atoms with Crippen LogP contribution in [-0.2, 0) is 20.9 Å². The Morgan fingerprint density at radius 3 is 2.15 bits per heavy atom. The van der Waals surface area contributed by atoms with E-state index >= 15 is 0 Å². The zero-order valence-electron chi connectivity index (χ0n) is 15.5. The molecule has 0 bridgehead atoms. The van der Waals surface area contributed by atoms with Crippen molar-refractivity contribution < 1.29 is 24.6 Å². The Morgan fingerprint density at radius 2 is 1.67 bits per heavy atom. The van der Waals surface area contributed by atoms with Crippen molar-refractivity contribution in [3.05, 3.63) is 34.9 Å². The lowest BCUT2D eigenvalue weighted by atomic mass is 9.95. The maximum atomic E-state index is 12.0. The van der Waals surface area contributed by atoms with E-state index < -0.39 is 11.9 Å². The molecule has 1 heterocycles. The molecule has 0 spiro atoms. The molecule has 1 aromatic rings. The molecule has 150 valence electrons. The zero-order valence-corrected chi connectivity index (χ0v) is 16.2. The van der Waals surface area contributed by atoms with E-state index in [9.17, 15) is 4.79 Å². The highest BCUT2D eigenvalue weighted by molar-refractivity contribution is 6.30. The van der Waals surface area contributed by atoms with Crippen molar-refractivity contribution in [2.45, 2.75) is 39.2 Å². The van der Waals surface area contributed by atoms with Crippen LogP contribution in [-0.4, -0.2) is 52.6 Å². The molecule has 0 unspecified atom stereocenters. The number of benzene rings is 1. The number of amides is 1. The average Bonchev–Trinajstić information content (AvgIpc) is 2.65. The van der Waals surface area contributed by atoms with Crippen LogP contribution in [0.3, 0.4) is 0 Å². The number of nitrogens with zero attached hydrogens (tertiary/aromatic N) is 1. The summed E-state index contributed by atoms with van der Waals surface area (Å²) in [5, 5.41) is 18.6. The van der Waals surface area contributed by atoms with Crippen molar-refractivity contribution in [1.82, 2.24) is 10.2 Å². The highest BCUT2D eigenvalue weighted by Crippen LogP contribution is 2.20. The highest BCUT2D eigenvalue weighted by atomic mass is 35.5. The number of carboxylic acids is 2. The van der Waals surface area contributed by atoms with E-state index in [2.05, 4.69) is 29.3 Å². The van der Waals surface area contributed by atoms with E-state index in [4.69, 9.17) is 31.4 Å². The van der Waals surface area contributed by atoms with Gasteiger partial charge in [-0.1, -0.05) is 37.1 Å². The fourth-order valence-corrected chi connectivity index (χ4v) is 2.86. The SMILES string of the molecule is CCCCNC(=O)C1CCN(Cc2ccc(Cl)cc2)CC1.O=C(O)C(=O)O. The lowest BCUT2D eigenvalue weighted by molar-refractivity contribution is -0.159. The topological polar surface area (TPSA) is 107 Å². The van der Waals surface area contributed by atoms with E-state index in [1.807, 2.05) is 12.1 Å². The Morgan fingerprint density at radius 1 is 1.11 bits per heavy atom. The molecule has 27 heavy (non-hydrogen) atoms. The predicted octanol–water partition coefficient (Wildman–Crippen LogP) is 2.62. The fraction of sp³-hybridized carbons (Fsp3) is 0.526. The molecule has 0 saturated carbocycles. The minimum absolute atomic E-state index is 0.198. The van der Waals surface area contributed by atoms with E-state index in [0.717, 1.165) is 56.9 Å². The van der Waals surface area contributed by atoms with Gasteiger partial charge in [0, 0.05) is 24.0 Å². The summed E-state index contributed by atoms with van der Waals surface area (Å²) < 4.78 is 0. The third-order valence-corrected chi connectivity index (χ3v) is 4.54. The van der Waals surface area contributed by atoms with Gasteiger partial charge in [0.15, 0.2) is 0 Å². The van der Waals surface area contributed by atoms with Gasteiger partial charge < -0.3 is 15.5 Å². The zero-order chi connectivity index (χ0) is 20.2. The van der Waals surface area contributed by atoms with Crippen LogP contribution in [0.4, 0.5) is 0 Å². The second kappa shape index (κ2) is 12.3. The van der Waals surface area contributed by atoms with E-state index in [0.29, 0.717) is 0 Å². The van der Waals surface area contributed by atoms with Crippen molar-refractivity contribution in [2.75, 3.05) is 19.6 Å². The van der Waals surface area contributed by atoms with Gasteiger partial charge in [0.2, 0.25) is 5.91 Å². The fourth-order valence-electron chi connectivity index (χ4n) is 2.73. The van der Waals surface area contributed by atoms with Crippen LogP contribution in [0, 0.1) is 5.92 Å². The second-order valence-corrected chi connectivity index (χ2v) is 6.87. The van der Waals surface area contributed by atoms with Gasteiger partial charge in [0.25, 0.3) is 0 Å². The number of piperidine rings is 1. The minimum atomic E-state index is -1.82. The van der Waals surface area contributed by atoms with Gasteiger partial charge in [0.1, 0.15) is 0 Å². The molecule has 1 aromatic carbocycles. The summed E-state index contributed by atoms with van der Waals surface area (Å²) in [5.41, 5.74) is 1.28. The largest absolute Gasteiger partial charge is 0.473 e. The number of carbonyl (C=O) groups is 3. The molecule has 0 atom stereocenters. The van der Waals surface area contributed by atoms with Crippen molar-refractivity contribution in [2.24, 2.45) is 5.92 Å². The molecule has 7 nitrogen and oxygen atoms in total. The van der Waals surface area contributed by atoms with Crippen LogP contribution >= 0.6 is 11.6 Å². The standard InChI is InChI=1S/C17H25ClN2O.C2H2O4/c1-2-3-10-19-17(21)15-8-11-20(12-9-15)13-14-4-6-16(18)7-5-14;3-1(4)2(5)6/h4-7,15H,2-3,8-13H2,1H3,(H,19,21);(H,3,4)(H,5,6). The smallest absolute Gasteiger partial charge is 0.414 e. The summed E-state index contributed by atoms with van der Waals surface area (Å²) in [5.74, 6) is -3.21. The predicted molar refractivity (Wildman–Crippen MR) is 103 cm³/mol. The normalized spacial score (nSPS) is 14.7. The quantitative estimate of drug-likeness (QED) is 0.502. The number of likely N-dealkylation sites (tertiary alicyclic amines) is 1. The minimum Gasteiger partial charge on any atom is -0.473 e. The number of carboxylic acid groups (broad SMARTS) is 2. The number of hydrogen-bond donors (Lipinski definition) is 3. The molecule has 0 aliphatic carbocycles. The first-order valence-electron chi connectivity index (χ1n) is 9.04. The van der Waals surface area contributed by atoms with Crippen LogP contribution in [0.1, 0.15) is 38.2 Å². The average molecular weight is 399 g/mol. The summed E-state index contributed by atoms with van der Waals surface area (Å²) in [6, 6.07) is 8.02. The van der Waals surface area contributed by atoms with Gasteiger partial charge in [-0.2, -0.15) is 0 Å². The van der Waals surface area contributed by atoms with Crippen molar-refractivity contribution in [1.29, 1.82) is 0 Å². The molecule has 8 heteroatoms. The van der Waals surface area contributed by atoms with E-state index in [-0.39, 0.29) is 11.8 Å². The van der Waals surface area contributed by atoms with E-state index in [1.54, 1.807) is 0 Å². The van der Waals surface area contributed by atoms with Crippen molar-refractivity contribution >= 4 is 29.4 Å². The summed E-state index contributed by atoms with van der Waals surface area (Å²) in [4.78, 5) is 32.6. The number of aliphatic carboxylic acids is 2. The first-order valence-corrected chi connectivity index (χ1v) is 9.42. The van der Waals surface area contributed by atoms with Gasteiger partial charge in [0.05, 0.1) is 0 Å². The lowest BCUT2D eigenvalue weighted by Gasteiger charge is -2.31. The summed E-state index contributed by atoms with van der Waals surface area (Å²) in [6.45, 7) is 5.89. The van der Waals surface area contributed by atoms with Crippen LogP contribution < -0.4 is 5.32 Å². The molecule has 1 fully saturated rings. The number of rotatable bonds is 6. The molecule has 0 aromatic heterocycles. The molecular weight excluding hydrogens is 372 g/mol. The van der Waals surface area contributed by atoms with E-state index in [1.165, 1.54) is 5.56 Å². The Kier molecular flexibility index (Phi) is 10.4. The van der Waals surface area contributed by atoms with Crippen molar-refractivity contribution in [3.8, 4) is 0 Å². The Balaban J connectivity index is 0.000000527. The van der Waals surface area contributed by atoms with Crippen LogP contribution in [0.5, 0.6) is 0 Å². The molecule has 3 N–H and O–H groups in total. The van der Waals surface area contributed by atoms with Gasteiger partial charge in [-0.25, -0.2) is 9.59 Å². The van der Waals surface area contributed by atoms with Gasteiger partial charge in [-0.05, 0) is 50.0 Å². The monoisotopic (exact) mass is 398 g/mol. The Labute approximate surface area is 164 Å². The van der Waals surface area contributed by atoms with Crippen molar-refractivity contribution in [3.63, 3.8) is 0 Å². The maximum Gasteiger partial charge on any atom is 0.414 e. The van der Waals surface area contributed by atoms with Gasteiger partial charge in [-0.3, -0.25) is 9.69 Å². The number of halogens is 1. The third-order valence-electron chi connectivity index (χ3n) is 4.29. The van der Waals surface area contributed by atoms with Gasteiger partial charge in [-0.15, -0.1) is 0 Å². The third kappa shape index (κ3) is 9.40. The molecule has 2 rings (SSSR count). The number of nitrogens with one attached hydrogen (secondary N) is 1. The molecule has 1 aliphatic rings. The summed E-state index contributed by atoms with van der Waals surface area (Å²) >= 11 is 5.90. The molecule has 0 radical (unpaired) electrons. The molecular formula is C19H27ClN2O5.